The summed E-state index contributed by atoms with van der Waals surface area (Å²) in [5, 5.41) is 0.911. The van der Waals surface area contributed by atoms with Gasteiger partial charge in [-0.1, -0.05) is 41.9 Å². The highest BCUT2D eigenvalue weighted by atomic mass is 35.5. The summed E-state index contributed by atoms with van der Waals surface area (Å²) in [6.07, 6.45) is 0. The molecule has 0 unspecified atom stereocenters. The predicted molar refractivity (Wildman–Crippen MR) is 109 cm³/mol. The Balaban J connectivity index is 1.91. The predicted octanol–water partition coefficient (Wildman–Crippen LogP) is 3.43. The van der Waals surface area contributed by atoms with Crippen LogP contribution in [0.15, 0.2) is 47.5 Å². The fourth-order valence-corrected chi connectivity index (χ4v) is 5.25. The van der Waals surface area contributed by atoms with Crippen LogP contribution in [0.2, 0.25) is 5.02 Å². The highest BCUT2D eigenvalue weighted by molar-refractivity contribution is 7.89. The molecule has 1 atom stereocenters. The van der Waals surface area contributed by atoms with Crippen LogP contribution in [-0.4, -0.2) is 36.5 Å². The van der Waals surface area contributed by atoms with E-state index in [0.29, 0.717) is 21.6 Å². The lowest BCUT2D eigenvalue weighted by Crippen LogP contribution is -2.50. The number of aliphatic imine (C=N–C) groups is 1. The Morgan fingerprint density at radius 3 is 2.61 bits per heavy atom. The first-order valence-electron chi connectivity index (χ1n) is 8.51. The molecule has 1 aromatic heterocycles. The Morgan fingerprint density at radius 1 is 1.29 bits per heavy atom. The Morgan fingerprint density at radius 2 is 1.96 bits per heavy atom. The number of hydrogen-bond acceptors (Lipinski definition) is 4. The van der Waals surface area contributed by atoms with Crippen LogP contribution in [0.1, 0.15) is 12.5 Å². The molecule has 3 N–H and O–H groups in total. The normalized spacial score (nSPS) is 21.7. The number of aromatic amines is 1. The Bertz CT molecular complexity index is 1220. The number of hydrogen-bond donors (Lipinski definition) is 2. The minimum atomic E-state index is -3.71. The van der Waals surface area contributed by atoms with Crippen LogP contribution in [0.5, 0.6) is 0 Å². The van der Waals surface area contributed by atoms with E-state index >= 15 is 4.39 Å². The van der Waals surface area contributed by atoms with Gasteiger partial charge in [0.15, 0.2) is 0 Å². The largest absolute Gasteiger partial charge is 0.369 e. The summed E-state index contributed by atoms with van der Waals surface area (Å²) in [6, 6.07) is 12.3. The maximum atomic E-state index is 15.0. The fraction of sp³-hybridized carbons (Fsp3) is 0.211. The van der Waals surface area contributed by atoms with E-state index in [4.69, 9.17) is 17.3 Å². The van der Waals surface area contributed by atoms with Gasteiger partial charge in [0, 0.05) is 23.5 Å². The van der Waals surface area contributed by atoms with E-state index in [-0.39, 0.29) is 17.3 Å². The van der Waals surface area contributed by atoms with Crippen molar-refractivity contribution in [3.05, 3.63) is 58.9 Å². The number of benzene rings is 2. The van der Waals surface area contributed by atoms with Crippen LogP contribution in [0.4, 0.5) is 4.39 Å². The molecular weight excluding hydrogens is 403 g/mol. The first-order valence-corrected chi connectivity index (χ1v) is 10.5. The van der Waals surface area contributed by atoms with Gasteiger partial charge in [0.2, 0.25) is 16.0 Å². The molecule has 6 nitrogen and oxygen atoms in total. The molecule has 0 saturated carbocycles. The van der Waals surface area contributed by atoms with Crippen molar-refractivity contribution in [3.8, 4) is 11.3 Å². The third-order valence-electron chi connectivity index (χ3n) is 5.03. The van der Waals surface area contributed by atoms with Gasteiger partial charge in [0.1, 0.15) is 11.4 Å². The van der Waals surface area contributed by atoms with Gasteiger partial charge in [0.25, 0.3) is 0 Å². The molecule has 2 aromatic carbocycles. The lowest BCUT2D eigenvalue weighted by molar-refractivity contribution is 0.458. The lowest BCUT2D eigenvalue weighted by Gasteiger charge is -2.34. The summed E-state index contributed by atoms with van der Waals surface area (Å²) in [5.41, 5.74) is 6.68. The molecule has 146 valence electrons. The molecule has 28 heavy (non-hydrogen) atoms. The van der Waals surface area contributed by atoms with E-state index in [1.807, 2.05) is 30.3 Å². The van der Waals surface area contributed by atoms with Crippen molar-refractivity contribution in [2.45, 2.75) is 12.5 Å². The van der Waals surface area contributed by atoms with Crippen molar-refractivity contribution in [1.82, 2.24) is 9.29 Å². The van der Waals surface area contributed by atoms with Crippen molar-refractivity contribution in [3.63, 3.8) is 0 Å². The molecule has 0 spiro atoms. The van der Waals surface area contributed by atoms with E-state index in [1.165, 1.54) is 13.1 Å². The minimum Gasteiger partial charge on any atom is -0.369 e. The summed E-state index contributed by atoms with van der Waals surface area (Å²) in [5.74, 6) is -1.16. The first-order chi connectivity index (χ1) is 13.1. The molecule has 0 aliphatic carbocycles. The lowest BCUT2D eigenvalue weighted by atomic mass is 9.93. The number of nitrogens with two attached hydrogens (primary N) is 1. The second-order valence-corrected chi connectivity index (χ2v) is 9.40. The maximum Gasteiger partial charge on any atom is 0.239 e. The van der Waals surface area contributed by atoms with Crippen molar-refractivity contribution < 1.29 is 12.8 Å². The van der Waals surface area contributed by atoms with Crippen molar-refractivity contribution >= 4 is 38.5 Å². The third-order valence-corrected chi connectivity index (χ3v) is 7.37. The average molecular weight is 421 g/mol. The number of H-pyrrole nitrogens is 1. The Kier molecular flexibility index (Phi) is 4.17. The van der Waals surface area contributed by atoms with Crippen LogP contribution in [0, 0.1) is 5.82 Å². The molecule has 1 aliphatic rings. The van der Waals surface area contributed by atoms with Gasteiger partial charge >= 0.3 is 0 Å². The number of sulfonamides is 1. The molecule has 9 heteroatoms. The molecule has 4 rings (SSSR count). The highest BCUT2D eigenvalue weighted by Gasteiger charge is 2.42. The van der Waals surface area contributed by atoms with Crippen molar-refractivity contribution in [2.24, 2.45) is 10.7 Å². The number of rotatable bonds is 2. The SMILES string of the molecule is CN1C(N)=N[C@](C)(c2cc3[nH]c(-c4ccccc4)c(Cl)c3cc2F)CS1(=O)=O. The van der Waals surface area contributed by atoms with E-state index < -0.39 is 21.4 Å². The fourth-order valence-electron chi connectivity index (χ4n) is 3.49. The van der Waals surface area contributed by atoms with Gasteiger partial charge < -0.3 is 10.7 Å². The zero-order valence-electron chi connectivity index (χ0n) is 15.2. The van der Waals surface area contributed by atoms with Gasteiger partial charge in [-0.25, -0.2) is 22.1 Å². The molecule has 1 aliphatic heterocycles. The molecule has 2 heterocycles. The van der Waals surface area contributed by atoms with Gasteiger partial charge in [-0.2, -0.15) is 0 Å². The Hall–Kier alpha value is -2.58. The molecule has 0 saturated heterocycles. The number of nitrogens with one attached hydrogen (secondary N) is 1. The van der Waals surface area contributed by atoms with Crippen LogP contribution in [-0.2, 0) is 15.6 Å². The van der Waals surface area contributed by atoms with Gasteiger partial charge in [-0.05, 0) is 24.6 Å². The number of guanidine groups is 1. The summed E-state index contributed by atoms with van der Waals surface area (Å²) in [4.78, 5) is 7.48. The zero-order valence-corrected chi connectivity index (χ0v) is 16.8. The summed E-state index contributed by atoms with van der Waals surface area (Å²) in [7, 11) is -2.38. The first kappa shape index (κ1) is 18.8. The molecule has 0 radical (unpaired) electrons. The van der Waals surface area contributed by atoms with E-state index in [0.717, 1.165) is 9.87 Å². The highest BCUT2D eigenvalue weighted by Crippen LogP contribution is 2.39. The van der Waals surface area contributed by atoms with Crippen LogP contribution >= 0.6 is 11.6 Å². The van der Waals surface area contributed by atoms with Crippen LogP contribution in [0.25, 0.3) is 22.2 Å². The zero-order chi connectivity index (χ0) is 20.3. The van der Waals surface area contributed by atoms with E-state index in [1.54, 1.807) is 13.0 Å². The van der Waals surface area contributed by atoms with Crippen LogP contribution < -0.4 is 5.73 Å². The Labute approximate surface area is 166 Å². The smallest absolute Gasteiger partial charge is 0.239 e. The van der Waals surface area contributed by atoms with E-state index in [2.05, 4.69) is 9.98 Å². The van der Waals surface area contributed by atoms with Crippen LogP contribution in [0.3, 0.4) is 0 Å². The molecule has 0 fully saturated rings. The van der Waals surface area contributed by atoms with E-state index in [9.17, 15) is 8.42 Å². The van der Waals surface area contributed by atoms with Crippen molar-refractivity contribution in [1.29, 1.82) is 0 Å². The second kappa shape index (κ2) is 6.22. The number of halogens is 2. The number of fused-ring (bicyclic) bond motifs is 1. The third kappa shape index (κ3) is 2.84. The molecule has 0 amide bonds. The molecular formula is C19H18ClFN4O2S. The minimum absolute atomic E-state index is 0.136. The number of aromatic nitrogens is 1. The summed E-state index contributed by atoms with van der Waals surface area (Å²) >= 11 is 6.48. The van der Waals surface area contributed by atoms with Gasteiger partial charge in [0.05, 0.1) is 16.5 Å². The number of nitrogens with zero attached hydrogens (tertiary/aromatic N) is 2. The monoisotopic (exact) mass is 420 g/mol. The maximum absolute atomic E-state index is 15.0. The van der Waals surface area contributed by atoms with Gasteiger partial charge in [-0.15, -0.1) is 0 Å². The molecule has 3 aromatic rings. The second-order valence-electron chi connectivity index (χ2n) is 7.03. The quantitative estimate of drug-likeness (QED) is 0.665. The summed E-state index contributed by atoms with van der Waals surface area (Å²) in [6.45, 7) is 1.55. The van der Waals surface area contributed by atoms with Crippen molar-refractivity contribution in [2.75, 3.05) is 12.8 Å². The standard InChI is InChI=1S/C19H18ClFN4O2S/c1-19(10-28(26,27)25(2)18(22)24-19)13-9-15-12(8-14(13)21)16(20)17(23-15)11-6-4-3-5-7-11/h3-9,23H,10H2,1-2H3,(H2,22,24)/t19-/m0/s1. The molecule has 0 bridgehead atoms. The average Bonchev–Trinajstić information content (AvgIpc) is 2.95. The van der Waals surface area contributed by atoms with Gasteiger partial charge in [-0.3, -0.25) is 0 Å². The summed E-state index contributed by atoms with van der Waals surface area (Å²) < 4.78 is 40.8. The topological polar surface area (TPSA) is 91.5 Å².